The van der Waals surface area contributed by atoms with Gasteiger partial charge in [-0.2, -0.15) is 0 Å². The van der Waals surface area contributed by atoms with E-state index in [-0.39, 0.29) is 4.49 Å². The summed E-state index contributed by atoms with van der Waals surface area (Å²) >= 11 is 11.2. The van der Waals surface area contributed by atoms with Crippen molar-refractivity contribution in [2.45, 2.75) is 26.7 Å². The molecule has 0 radical (unpaired) electrons. The molecule has 0 fully saturated rings. The lowest BCUT2D eigenvalue weighted by atomic mass is 10.1. The van der Waals surface area contributed by atoms with Crippen LogP contribution in [0.5, 0.6) is 23.0 Å². The van der Waals surface area contributed by atoms with Crippen molar-refractivity contribution in [3.05, 3.63) is 58.6 Å². The smallest absolute Gasteiger partial charge is 0.127 e. The second kappa shape index (κ2) is 10.2. The molecular weight excluding hydrogens is 359 g/mol. The Bertz CT molecular complexity index is 693. The molecule has 2 rings (SSSR count). The molecule has 0 amide bonds. The van der Waals surface area contributed by atoms with Gasteiger partial charge < -0.3 is 14.2 Å². The highest BCUT2D eigenvalue weighted by atomic mass is 35.5. The lowest BCUT2D eigenvalue weighted by Gasteiger charge is -2.13. The molecule has 2 aromatic rings. The Balaban J connectivity index is 2.10. The van der Waals surface area contributed by atoms with Crippen molar-refractivity contribution in [3.63, 3.8) is 0 Å². The summed E-state index contributed by atoms with van der Waals surface area (Å²) in [5.74, 6) is 3.17. The maximum absolute atomic E-state index is 5.93. The first-order chi connectivity index (χ1) is 12.1. The summed E-state index contributed by atoms with van der Waals surface area (Å²) in [6.45, 7) is 5.06. The van der Waals surface area contributed by atoms with Gasteiger partial charge in [-0.05, 0) is 67.4 Å². The number of hydrogen-bond acceptors (Lipinski definition) is 3. The Morgan fingerprint density at radius 2 is 1.60 bits per heavy atom. The third-order valence-electron chi connectivity index (χ3n) is 3.40. The fourth-order valence-corrected chi connectivity index (χ4v) is 2.45. The summed E-state index contributed by atoms with van der Waals surface area (Å²) in [5, 5.41) is 0. The van der Waals surface area contributed by atoms with E-state index in [2.05, 4.69) is 6.92 Å². The zero-order valence-electron chi connectivity index (χ0n) is 14.4. The van der Waals surface area contributed by atoms with Gasteiger partial charge in [0.25, 0.3) is 0 Å². The third kappa shape index (κ3) is 6.52. The van der Waals surface area contributed by atoms with Crippen LogP contribution in [0.1, 0.15) is 25.8 Å². The first kappa shape index (κ1) is 19.5. The van der Waals surface area contributed by atoms with Gasteiger partial charge in [0.2, 0.25) is 0 Å². The summed E-state index contributed by atoms with van der Waals surface area (Å²) in [7, 11) is 0. The van der Waals surface area contributed by atoms with Crippen LogP contribution in [0.4, 0.5) is 0 Å². The van der Waals surface area contributed by atoms with Crippen LogP contribution in [0.2, 0.25) is 0 Å². The summed E-state index contributed by atoms with van der Waals surface area (Å²) < 4.78 is 17.3. The number of halogens is 2. The minimum atomic E-state index is 0.201. The quantitative estimate of drug-likeness (QED) is 0.494. The number of hydrogen-bond donors (Lipinski definition) is 0. The number of ether oxygens (including phenoxy) is 3. The van der Waals surface area contributed by atoms with Gasteiger partial charge in [0.15, 0.2) is 0 Å². The van der Waals surface area contributed by atoms with E-state index in [1.54, 1.807) is 6.08 Å². The van der Waals surface area contributed by atoms with Gasteiger partial charge in [-0.25, -0.2) is 0 Å². The molecule has 0 aliphatic rings. The molecule has 0 saturated heterocycles. The van der Waals surface area contributed by atoms with Crippen molar-refractivity contribution in [3.8, 4) is 23.0 Å². The first-order valence-electron chi connectivity index (χ1n) is 8.30. The van der Waals surface area contributed by atoms with Crippen LogP contribution in [-0.2, 0) is 6.42 Å². The number of rotatable bonds is 9. The molecule has 0 N–H and O–H groups in total. The molecule has 3 nitrogen and oxygen atoms in total. The summed E-state index contributed by atoms with van der Waals surface area (Å²) in [6.07, 6.45) is 3.52. The highest BCUT2D eigenvalue weighted by Crippen LogP contribution is 2.29. The molecule has 0 saturated carbocycles. The van der Waals surface area contributed by atoms with Crippen LogP contribution in [-0.4, -0.2) is 13.2 Å². The van der Waals surface area contributed by atoms with Crippen molar-refractivity contribution in [1.82, 2.24) is 0 Å². The van der Waals surface area contributed by atoms with Crippen molar-refractivity contribution in [2.75, 3.05) is 13.2 Å². The Hall–Kier alpha value is -1.84. The van der Waals surface area contributed by atoms with E-state index in [0.717, 1.165) is 41.4 Å². The van der Waals surface area contributed by atoms with Gasteiger partial charge in [-0.1, -0.05) is 36.5 Å². The summed E-state index contributed by atoms with van der Waals surface area (Å²) in [5.41, 5.74) is 1.09. The predicted octanol–water partition coefficient (Wildman–Crippen LogP) is 6.53. The lowest BCUT2D eigenvalue weighted by molar-refractivity contribution is 0.339. The predicted molar refractivity (Wildman–Crippen MR) is 103 cm³/mol. The van der Waals surface area contributed by atoms with Crippen LogP contribution in [0, 0.1) is 0 Å². The molecule has 0 spiro atoms. The molecule has 2 aromatic carbocycles. The zero-order valence-corrected chi connectivity index (χ0v) is 15.9. The summed E-state index contributed by atoms with van der Waals surface area (Å²) in [6, 6.07) is 13.4. The third-order valence-corrected chi connectivity index (χ3v) is 3.71. The molecule has 0 aromatic heterocycles. The highest BCUT2D eigenvalue weighted by molar-refractivity contribution is 6.55. The first-order valence-corrected chi connectivity index (χ1v) is 9.05. The monoisotopic (exact) mass is 380 g/mol. The maximum Gasteiger partial charge on any atom is 0.127 e. The Morgan fingerprint density at radius 3 is 2.24 bits per heavy atom. The van der Waals surface area contributed by atoms with Crippen molar-refractivity contribution in [2.24, 2.45) is 0 Å². The molecule has 0 atom stereocenters. The minimum absolute atomic E-state index is 0.201. The van der Waals surface area contributed by atoms with Crippen LogP contribution < -0.4 is 14.2 Å². The number of aryl methyl sites for hydroxylation is 1. The van der Waals surface area contributed by atoms with Gasteiger partial charge in [-0.3, -0.25) is 0 Å². The SMILES string of the molecule is CCCc1cc(Oc2ccc(OCC)cc2)ccc1OCC=C(Cl)Cl. The largest absolute Gasteiger partial charge is 0.494 e. The average molecular weight is 381 g/mol. The average Bonchev–Trinajstić information content (AvgIpc) is 2.59. The van der Waals surface area contributed by atoms with E-state index >= 15 is 0 Å². The number of benzene rings is 2. The molecule has 0 aliphatic heterocycles. The Kier molecular flexibility index (Phi) is 7.96. The second-order valence-electron chi connectivity index (χ2n) is 5.33. The molecule has 0 heterocycles. The molecule has 0 bridgehead atoms. The molecule has 0 unspecified atom stereocenters. The van der Waals surface area contributed by atoms with Crippen LogP contribution in [0.25, 0.3) is 0 Å². The van der Waals surface area contributed by atoms with Gasteiger partial charge in [-0.15, -0.1) is 0 Å². The lowest BCUT2D eigenvalue weighted by Crippen LogP contribution is -1.98. The molecule has 5 heteroatoms. The van der Waals surface area contributed by atoms with Crippen LogP contribution in [0.3, 0.4) is 0 Å². The minimum Gasteiger partial charge on any atom is -0.494 e. The molecule has 0 aliphatic carbocycles. The molecular formula is C20H22Cl2O3. The van der Waals surface area contributed by atoms with Gasteiger partial charge in [0.05, 0.1) is 6.61 Å². The van der Waals surface area contributed by atoms with E-state index in [1.165, 1.54) is 0 Å². The Morgan fingerprint density at radius 1 is 0.920 bits per heavy atom. The molecule has 134 valence electrons. The zero-order chi connectivity index (χ0) is 18.1. The maximum atomic E-state index is 5.93. The molecule has 25 heavy (non-hydrogen) atoms. The van der Waals surface area contributed by atoms with Crippen LogP contribution in [0.15, 0.2) is 53.0 Å². The highest BCUT2D eigenvalue weighted by Gasteiger charge is 2.07. The van der Waals surface area contributed by atoms with Crippen molar-refractivity contribution in [1.29, 1.82) is 0 Å². The topological polar surface area (TPSA) is 27.7 Å². The van der Waals surface area contributed by atoms with Gasteiger partial charge in [0.1, 0.15) is 34.1 Å². The van der Waals surface area contributed by atoms with Crippen molar-refractivity contribution < 1.29 is 14.2 Å². The van der Waals surface area contributed by atoms with E-state index in [0.29, 0.717) is 13.2 Å². The van der Waals surface area contributed by atoms with E-state index in [4.69, 9.17) is 37.4 Å². The fraction of sp³-hybridized carbons (Fsp3) is 0.300. The summed E-state index contributed by atoms with van der Waals surface area (Å²) in [4.78, 5) is 0. The van der Waals surface area contributed by atoms with E-state index in [9.17, 15) is 0 Å². The normalized spacial score (nSPS) is 10.2. The Labute approximate surface area is 159 Å². The van der Waals surface area contributed by atoms with Gasteiger partial charge >= 0.3 is 0 Å². The standard InChI is InChI=1S/C20H22Cl2O3/c1-3-5-15-14-18(10-11-19(15)24-13-12-20(21)22)25-17-8-6-16(7-9-17)23-4-2/h6-12,14H,3-5,13H2,1-2H3. The van der Waals surface area contributed by atoms with E-state index in [1.807, 2.05) is 49.4 Å². The van der Waals surface area contributed by atoms with Gasteiger partial charge in [0, 0.05) is 0 Å². The fourth-order valence-electron chi connectivity index (χ4n) is 2.33. The van der Waals surface area contributed by atoms with E-state index < -0.39 is 0 Å². The van der Waals surface area contributed by atoms with Crippen LogP contribution >= 0.6 is 23.2 Å². The van der Waals surface area contributed by atoms with Crippen molar-refractivity contribution >= 4 is 23.2 Å². The second-order valence-corrected chi connectivity index (χ2v) is 6.34.